The lowest BCUT2D eigenvalue weighted by atomic mass is 9.87. The highest BCUT2D eigenvalue weighted by atomic mass is 16.5. The molecule has 0 unspecified atom stereocenters. The normalized spacial score (nSPS) is 16.9. The summed E-state index contributed by atoms with van der Waals surface area (Å²) in [6, 6.07) is 0. The van der Waals surface area contributed by atoms with Crippen molar-refractivity contribution in [2.75, 3.05) is 19.7 Å². The summed E-state index contributed by atoms with van der Waals surface area (Å²) in [5, 5.41) is 0. The second-order valence-electron chi connectivity index (χ2n) is 7.98. The monoisotopic (exact) mass is 325 g/mol. The van der Waals surface area contributed by atoms with Gasteiger partial charge in [0.2, 0.25) is 5.91 Å². The minimum Gasteiger partial charge on any atom is -0.376 e. The van der Waals surface area contributed by atoms with Gasteiger partial charge >= 0.3 is 0 Å². The number of likely N-dealkylation sites (tertiary alicyclic amines) is 1. The Labute approximate surface area is 141 Å². The molecule has 4 heteroatoms. The van der Waals surface area contributed by atoms with Crippen LogP contribution in [0.5, 0.6) is 0 Å². The molecule has 134 valence electrons. The lowest BCUT2D eigenvalue weighted by Gasteiger charge is -2.32. The Balaban J connectivity index is 2.14. The van der Waals surface area contributed by atoms with Crippen molar-refractivity contribution in [3.63, 3.8) is 0 Å². The number of hydrogen-bond acceptors (Lipinski definition) is 3. The number of ether oxygens (including phenoxy) is 1. The molecular formula is C19H35NO3. The Morgan fingerprint density at radius 2 is 1.70 bits per heavy atom. The number of ketones is 1. The third-order valence-corrected chi connectivity index (χ3v) is 4.39. The maximum atomic E-state index is 12.2. The Morgan fingerprint density at radius 3 is 2.22 bits per heavy atom. The van der Waals surface area contributed by atoms with Crippen molar-refractivity contribution in [1.29, 1.82) is 0 Å². The summed E-state index contributed by atoms with van der Waals surface area (Å²) in [5.41, 5.74) is -0.0758. The fourth-order valence-electron chi connectivity index (χ4n) is 2.98. The van der Waals surface area contributed by atoms with Crippen molar-refractivity contribution < 1.29 is 14.3 Å². The molecular weight excluding hydrogens is 290 g/mol. The number of amides is 1. The molecule has 23 heavy (non-hydrogen) atoms. The van der Waals surface area contributed by atoms with E-state index in [-0.39, 0.29) is 23.3 Å². The molecule has 0 spiro atoms. The summed E-state index contributed by atoms with van der Waals surface area (Å²) >= 11 is 0. The molecule has 1 aliphatic rings. The third kappa shape index (κ3) is 7.96. The summed E-state index contributed by atoms with van der Waals surface area (Å²) in [6.45, 7) is 12.4. The van der Waals surface area contributed by atoms with Gasteiger partial charge in [-0.25, -0.2) is 0 Å². The average Bonchev–Trinajstić information content (AvgIpc) is 2.48. The summed E-state index contributed by atoms with van der Waals surface area (Å²) in [6.07, 6.45) is 5.26. The molecule has 0 atom stereocenters. The van der Waals surface area contributed by atoms with Crippen LogP contribution in [0.4, 0.5) is 0 Å². The standard InChI is InChI=1S/C19H35NO3/c1-15(2)18(22)16-10-12-20(13-11-16)17(21)9-7-6-8-14-23-19(3,4)5/h15-16H,6-14H2,1-5H3. The zero-order chi connectivity index (χ0) is 17.5. The number of nitrogens with zero attached hydrogens (tertiary/aromatic N) is 1. The predicted molar refractivity (Wildman–Crippen MR) is 93.3 cm³/mol. The molecule has 1 fully saturated rings. The first-order chi connectivity index (χ1) is 10.7. The highest BCUT2D eigenvalue weighted by Crippen LogP contribution is 2.22. The van der Waals surface area contributed by atoms with Crippen LogP contribution in [-0.2, 0) is 14.3 Å². The van der Waals surface area contributed by atoms with E-state index >= 15 is 0 Å². The molecule has 0 aromatic carbocycles. The maximum Gasteiger partial charge on any atom is 0.222 e. The van der Waals surface area contributed by atoms with Crippen molar-refractivity contribution >= 4 is 11.7 Å². The van der Waals surface area contributed by atoms with E-state index in [2.05, 4.69) is 20.8 Å². The van der Waals surface area contributed by atoms with Crippen LogP contribution in [0.2, 0.25) is 0 Å². The number of hydrogen-bond donors (Lipinski definition) is 0. The van der Waals surface area contributed by atoms with E-state index in [9.17, 15) is 9.59 Å². The van der Waals surface area contributed by atoms with E-state index < -0.39 is 0 Å². The number of unbranched alkanes of at least 4 members (excludes halogenated alkanes) is 2. The number of piperidine rings is 1. The van der Waals surface area contributed by atoms with Crippen LogP contribution in [0.1, 0.15) is 73.1 Å². The molecule has 0 N–H and O–H groups in total. The maximum absolute atomic E-state index is 12.2. The van der Waals surface area contributed by atoms with E-state index in [0.717, 1.165) is 51.8 Å². The lowest BCUT2D eigenvalue weighted by molar-refractivity contribution is -0.136. The van der Waals surface area contributed by atoms with Gasteiger partial charge in [-0.2, -0.15) is 0 Å². The number of rotatable bonds is 8. The number of carbonyl (C=O) groups is 2. The largest absolute Gasteiger partial charge is 0.376 e. The highest BCUT2D eigenvalue weighted by molar-refractivity contribution is 5.83. The van der Waals surface area contributed by atoms with Gasteiger partial charge in [0.05, 0.1) is 5.60 Å². The molecule has 1 rings (SSSR count). The van der Waals surface area contributed by atoms with Crippen LogP contribution in [-0.4, -0.2) is 41.9 Å². The van der Waals surface area contributed by atoms with Gasteiger partial charge in [0.25, 0.3) is 0 Å². The van der Waals surface area contributed by atoms with Gasteiger partial charge in [0.1, 0.15) is 5.78 Å². The zero-order valence-electron chi connectivity index (χ0n) is 15.7. The molecule has 0 aromatic heterocycles. The Bertz CT molecular complexity index is 377. The second-order valence-corrected chi connectivity index (χ2v) is 7.98. The van der Waals surface area contributed by atoms with Gasteiger partial charge < -0.3 is 9.64 Å². The Morgan fingerprint density at radius 1 is 1.09 bits per heavy atom. The second kappa shape index (κ2) is 9.41. The van der Waals surface area contributed by atoms with Gasteiger partial charge in [-0.3, -0.25) is 9.59 Å². The zero-order valence-corrected chi connectivity index (χ0v) is 15.7. The average molecular weight is 325 g/mol. The van der Waals surface area contributed by atoms with E-state index in [0.29, 0.717) is 12.2 Å². The van der Waals surface area contributed by atoms with Crippen molar-refractivity contribution in [2.24, 2.45) is 11.8 Å². The summed E-state index contributed by atoms with van der Waals surface area (Å²) < 4.78 is 5.68. The van der Waals surface area contributed by atoms with Gasteiger partial charge in [-0.05, 0) is 46.5 Å². The summed E-state index contributed by atoms with van der Waals surface area (Å²) in [4.78, 5) is 26.2. The van der Waals surface area contributed by atoms with E-state index in [4.69, 9.17) is 4.74 Å². The highest BCUT2D eigenvalue weighted by Gasteiger charge is 2.28. The quantitative estimate of drug-likeness (QED) is 0.637. The molecule has 0 aliphatic carbocycles. The van der Waals surface area contributed by atoms with E-state index in [1.807, 2.05) is 18.7 Å². The third-order valence-electron chi connectivity index (χ3n) is 4.39. The molecule has 4 nitrogen and oxygen atoms in total. The van der Waals surface area contributed by atoms with Gasteiger partial charge in [-0.1, -0.05) is 20.3 Å². The molecule has 1 aliphatic heterocycles. The summed E-state index contributed by atoms with van der Waals surface area (Å²) in [7, 11) is 0. The molecule has 1 amide bonds. The molecule has 0 aromatic rings. The van der Waals surface area contributed by atoms with Crippen LogP contribution >= 0.6 is 0 Å². The van der Waals surface area contributed by atoms with Crippen molar-refractivity contribution in [3.05, 3.63) is 0 Å². The van der Waals surface area contributed by atoms with Gasteiger partial charge in [0.15, 0.2) is 0 Å². The van der Waals surface area contributed by atoms with Gasteiger partial charge in [-0.15, -0.1) is 0 Å². The summed E-state index contributed by atoms with van der Waals surface area (Å²) in [5.74, 6) is 0.874. The molecule has 0 radical (unpaired) electrons. The van der Waals surface area contributed by atoms with Crippen LogP contribution in [0.3, 0.4) is 0 Å². The van der Waals surface area contributed by atoms with Gasteiger partial charge in [0, 0.05) is 38.0 Å². The van der Waals surface area contributed by atoms with Crippen molar-refractivity contribution in [2.45, 2.75) is 78.7 Å². The molecule has 1 saturated heterocycles. The van der Waals surface area contributed by atoms with E-state index in [1.54, 1.807) is 0 Å². The minimum absolute atomic E-state index is 0.0758. The van der Waals surface area contributed by atoms with Crippen LogP contribution in [0, 0.1) is 11.8 Å². The lowest BCUT2D eigenvalue weighted by Crippen LogP contribution is -2.40. The molecule has 0 bridgehead atoms. The van der Waals surface area contributed by atoms with Crippen molar-refractivity contribution in [3.8, 4) is 0 Å². The van der Waals surface area contributed by atoms with Crippen LogP contribution in [0.25, 0.3) is 0 Å². The first-order valence-electron chi connectivity index (χ1n) is 9.16. The molecule has 0 saturated carbocycles. The predicted octanol–water partition coefficient (Wildman–Crippen LogP) is 3.83. The van der Waals surface area contributed by atoms with E-state index in [1.165, 1.54) is 0 Å². The van der Waals surface area contributed by atoms with Crippen molar-refractivity contribution in [1.82, 2.24) is 4.90 Å². The smallest absolute Gasteiger partial charge is 0.222 e. The van der Waals surface area contributed by atoms with Crippen LogP contribution in [0.15, 0.2) is 0 Å². The van der Waals surface area contributed by atoms with Crippen LogP contribution < -0.4 is 0 Å². The number of carbonyl (C=O) groups excluding carboxylic acids is 2. The Hall–Kier alpha value is -0.900. The number of Topliss-reactive ketones (excluding diaryl/α,β-unsaturated/α-hetero) is 1. The minimum atomic E-state index is -0.0758. The first kappa shape index (κ1) is 20.1. The fourth-order valence-corrected chi connectivity index (χ4v) is 2.98. The fraction of sp³-hybridized carbons (Fsp3) is 0.895. The topological polar surface area (TPSA) is 46.6 Å². The SMILES string of the molecule is CC(C)C(=O)C1CCN(C(=O)CCCCCOC(C)(C)C)CC1. The first-order valence-corrected chi connectivity index (χ1v) is 9.16. The molecule has 1 heterocycles. The Kier molecular flexibility index (Phi) is 8.24.